The SMILES string of the molecule is COc1ccc2c(c1CN)C(=O)OC2. The molecular weight excluding hydrogens is 182 g/mol. The minimum Gasteiger partial charge on any atom is -0.496 e. The van der Waals surface area contributed by atoms with Gasteiger partial charge in [0, 0.05) is 17.7 Å². The van der Waals surface area contributed by atoms with Gasteiger partial charge in [0.1, 0.15) is 12.4 Å². The lowest BCUT2D eigenvalue weighted by molar-refractivity contribution is 0.0534. The molecule has 0 amide bonds. The first-order valence-electron chi connectivity index (χ1n) is 4.34. The third kappa shape index (κ3) is 1.15. The van der Waals surface area contributed by atoms with E-state index in [1.807, 2.05) is 12.1 Å². The van der Waals surface area contributed by atoms with E-state index in [-0.39, 0.29) is 12.5 Å². The summed E-state index contributed by atoms with van der Waals surface area (Å²) in [5.41, 5.74) is 7.76. The third-order valence-corrected chi connectivity index (χ3v) is 2.34. The number of cyclic esters (lactones) is 1. The molecule has 1 heterocycles. The number of nitrogens with two attached hydrogens (primary N) is 1. The van der Waals surface area contributed by atoms with E-state index < -0.39 is 0 Å². The fourth-order valence-electron chi connectivity index (χ4n) is 1.66. The number of ether oxygens (including phenoxy) is 2. The Balaban J connectivity index is 2.63. The van der Waals surface area contributed by atoms with E-state index in [1.165, 1.54) is 0 Å². The van der Waals surface area contributed by atoms with Gasteiger partial charge in [0.25, 0.3) is 0 Å². The van der Waals surface area contributed by atoms with Gasteiger partial charge in [-0.25, -0.2) is 4.79 Å². The Morgan fingerprint density at radius 3 is 3.00 bits per heavy atom. The zero-order chi connectivity index (χ0) is 10.1. The van der Waals surface area contributed by atoms with Crippen molar-refractivity contribution in [3.8, 4) is 5.75 Å². The van der Waals surface area contributed by atoms with Crippen molar-refractivity contribution in [1.29, 1.82) is 0 Å². The molecule has 1 aromatic rings. The minimum absolute atomic E-state index is 0.279. The van der Waals surface area contributed by atoms with E-state index in [1.54, 1.807) is 7.11 Å². The zero-order valence-electron chi connectivity index (χ0n) is 7.87. The van der Waals surface area contributed by atoms with E-state index in [0.717, 1.165) is 11.1 Å². The second-order valence-corrected chi connectivity index (χ2v) is 3.06. The number of carbonyl (C=O) groups excluding carboxylic acids is 1. The number of hydrogen-bond donors (Lipinski definition) is 1. The van der Waals surface area contributed by atoms with Gasteiger partial charge in [0.05, 0.1) is 12.7 Å². The first-order chi connectivity index (χ1) is 6.77. The van der Waals surface area contributed by atoms with E-state index in [9.17, 15) is 4.79 Å². The van der Waals surface area contributed by atoms with Gasteiger partial charge >= 0.3 is 5.97 Å². The van der Waals surface area contributed by atoms with E-state index >= 15 is 0 Å². The topological polar surface area (TPSA) is 61.5 Å². The maximum atomic E-state index is 11.4. The molecule has 0 unspecified atom stereocenters. The van der Waals surface area contributed by atoms with Crippen LogP contribution in [0.2, 0.25) is 0 Å². The molecule has 0 radical (unpaired) electrons. The predicted octanol–water partition coefficient (Wildman–Crippen LogP) is 0.824. The Bertz CT molecular complexity index is 387. The van der Waals surface area contributed by atoms with Crippen LogP contribution in [0.3, 0.4) is 0 Å². The van der Waals surface area contributed by atoms with Gasteiger partial charge in [0.2, 0.25) is 0 Å². The first-order valence-corrected chi connectivity index (χ1v) is 4.34. The van der Waals surface area contributed by atoms with Crippen LogP contribution in [0.1, 0.15) is 21.5 Å². The van der Waals surface area contributed by atoms with Crippen LogP contribution >= 0.6 is 0 Å². The summed E-state index contributed by atoms with van der Waals surface area (Å²) in [5, 5.41) is 0. The normalized spacial score (nSPS) is 13.7. The largest absolute Gasteiger partial charge is 0.496 e. The zero-order valence-corrected chi connectivity index (χ0v) is 7.87. The van der Waals surface area contributed by atoms with Crippen molar-refractivity contribution in [1.82, 2.24) is 0 Å². The number of methoxy groups -OCH3 is 1. The lowest BCUT2D eigenvalue weighted by Gasteiger charge is -2.08. The van der Waals surface area contributed by atoms with Crippen molar-refractivity contribution >= 4 is 5.97 Å². The summed E-state index contributed by atoms with van der Waals surface area (Å²) in [4.78, 5) is 11.4. The standard InChI is InChI=1S/C10H11NO3/c1-13-8-3-2-6-5-14-10(12)9(6)7(8)4-11/h2-3H,4-5,11H2,1H3. The van der Waals surface area contributed by atoms with Gasteiger partial charge in [-0.15, -0.1) is 0 Å². The van der Waals surface area contributed by atoms with Crippen LogP contribution in [0, 0.1) is 0 Å². The Morgan fingerprint density at radius 1 is 1.57 bits per heavy atom. The second kappa shape index (κ2) is 3.31. The molecule has 0 saturated heterocycles. The lowest BCUT2D eigenvalue weighted by atomic mass is 10.0. The molecule has 14 heavy (non-hydrogen) atoms. The molecule has 0 aliphatic carbocycles. The molecule has 0 bridgehead atoms. The van der Waals surface area contributed by atoms with Crippen LogP contribution in [0.5, 0.6) is 5.75 Å². The average molecular weight is 193 g/mol. The van der Waals surface area contributed by atoms with Crippen molar-refractivity contribution in [2.24, 2.45) is 5.73 Å². The quantitative estimate of drug-likeness (QED) is 0.706. The summed E-state index contributed by atoms with van der Waals surface area (Å²) in [6, 6.07) is 3.64. The first kappa shape index (κ1) is 9.02. The van der Waals surface area contributed by atoms with Crippen molar-refractivity contribution in [3.63, 3.8) is 0 Å². The summed E-state index contributed by atoms with van der Waals surface area (Å²) in [6.45, 7) is 0.618. The molecule has 2 rings (SSSR count). The van der Waals surface area contributed by atoms with Crippen LogP contribution in [-0.2, 0) is 17.9 Å². The number of rotatable bonds is 2. The van der Waals surface area contributed by atoms with Crippen LogP contribution in [-0.4, -0.2) is 13.1 Å². The number of benzene rings is 1. The molecule has 1 aliphatic rings. The Kier molecular flexibility index (Phi) is 2.13. The van der Waals surface area contributed by atoms with Crippen molar-refractivity contribution in [2.75, 3.05) is 7.11 Å². The highest BCUT2D eigenvalue weighted by Gasteiger charge is 2.26. The Hall–Kier alpha value is -1.55. The van der Waals surface area contributed by atoms with Crippen molar-refractivity contribution in [2.45, 2.75) is 13.2 Å². The molecule has 4 heteroatoms. The van der Waals surface area contributed by atoms with Gasteiger partial charge in [0.15, 0.2) is 0 Å². The lowest BCUT2D eigenvalue weighted by Crippen LogP contribution is -2.07. The van der Waals surface area contributed by atoms with E-state index in [4.69, 9.17) is 15.2 Å². The molecule has 0 fully saturated rings. The maximum Gasteiger partial charge on any atom is 0.339 e. The minimum atomic E-state index is -0.306. The van der Waals surface area contributed by atoms with Crippen LogP contribution < -0.4 is 10.5 Å². The number of fused-ring (bicyclic) bond motifs is 1. The fraction of sp³-hybridized carbons (Fsp3) is 0.300. The molecule has 0 saturated carbocycles. The van der Waals surface area contributed by atoms with Crippen LogP contribution in [0.25, 0.3) is 0 Å². The second-order valence-electron chi connectivity index (χ2n) is 3.06. The number of carbonyl (C=O) groups is 1. The predicted molar refractivity (Wildman–Crippen MR) is 50.0 cm³/mol. The maximum absolute atomic E-state index is 11.4. The molecule has 2 N–H and O–H groups in total. The summed E-state index contributed by atoms with van der Waals surface area (Å²) in [7, 11) is 1.56. The van der Waals surface area contributed by atoms with Crippen molar-refractivity contribution < 1.29 is 14.3 Å². The van der Waals surface area contributed by atoms with Crippen molar-refractivity contribution in [3.05, 3.63) is 28.8 Å². The van der Waals surface area contributed by atoms with Gasteiger partial charge in [-0.2, -0.15) is 0 Å². The molecular formula is C10H11NO3. The van der Waals surface area contributed by atoms with Crippen LogP contribution in [0.4, 0.5) is 0 Å². The smallest absolute Gasteiger partial charge is 0.339 e. The van der Waals surface area contributed by atoms with E-state index in [0.29, 0.717) is 17.9 Å². The summed E-state index contributed by atoms with van der Waals surface area (Å²) in [5.74, 6) is 0.337. The fourth-order valence-corrected chi connectivity index (χ4v) is 1.66. The highest BCUT2D eigenvalue weighted by atomic mass is 16.5. The molecule has 0 atom stereocenters. The Morgan fingerprint density at radius 2 is 2.36 bits per heavy atom. The number of hydrogen-bond acceptors (Lipinski definition) is 4. The molecule has 4 nitrogen and oxygen atoms in total. The summed E-state index contributed by atoms with van der Waals surface area (Å²) < 4.78 is 10.0. The third-order valence-electron chi connectivity index (χ3n) is 2.34. The molecule has 1 aromatic carbocycles. The Labute approximate surface area is 81.6 Å². The van der Waals surface area contributed by atoms with Gasteiger partial charge in [-0.1, -0.05) is 6.07 Å². The number of esters is 1. The highest BCUT2D eigenvalue weighted by Crippen LogP contribution is 2.30. The van der Waals surface area contributed by atoms with E-state index in [2.05, 4.69) is 0 Å². The van der Waals surface area contributed by atoms with Gasteiger partial charge < -0.3 is 15.2 Å². The molecule has 74 valence electrons. The highest BCUT2D eigenvalue weighted by molar-refractivity contribution is 5.95. The summed E-state index contributed by atoms with van der Waals surface area (Å²) >= 11 is 0. The van der Waals surface area contributed by atoms with Gasteiger partial charge in [-0.3, -0.25) is 0 Å². The van der Waals surface area contributed by atoms with Crippen LogP contribution in [0.15, 0.2) is 12.1 Å². The molecule has 0 spiro atoms. The monoisotopic (exact) mass is 193 g/mol. The molecule has 1 aliphatic heterocycles. The summed E-state index contributed by atoms with van der Waals surface area (Å²) in [6.07, 6.45) is 0. The molecule has 0 aromatic heterocycles. The van der Waals surface area contributed by atoms with Gasteiger partial charge in [-0.05, 0) is 6.07 Å². The average Bonchev–Trinajstić information content (AvgIpc) is 2.59.